The lowest BCUT2D eigenvalue weighted by Gasteiger charge is -2.20. The van der Waals surface area contributed by atoms with E-state index in [-0.39, 0.29) is 10.5 Å². The van der Waals surface area contributed by atoms with E-state index in [0.29, 0.717) is 46.5 Å². The molecule has 1 fully saturated rings. The van der Waals surface area contributed by atoms with Crippen molar-refractivity contribution < 1.29 is 27.4 Å². The second kappa shape index (κ2) is 13.4. The van der Waals surface area contributed by atoms with E-state index in [1.165, 1.54) is 72.5 Å². The number of amides is 1. The van der Waals surface area contributed by atoms with Crippen molar-refractivity contribution >= 4 is 64.8 Å². The zero-order chi connectivity index (χ0) is 30.6. The summed E-state index contributed by atoms with van der Waals surface area (Å²) in [6.07, 6.45) is 5.23. The predicted octanol–water partition coefficient (Wildman–Crippen LogP) is 6.33. The number of halogens is 1. The Labute approximate surface area is 263 Å². The molecule has 2 heterocycles. The third-order valence-corrected chi connectivity index (χ3v) is 10.4. The SMILES string of the molecule is COc1cc(/C=N/N(C(=O)c2ccc(S(=O)(=O)N3CCCCCC3)cc2)c2nc3ccc(Br)cc3s2)cc(OC)c1OC. The van der Waals surface area contributed by atoms with Crippen LogP contribution in [0.4, 0.5) is 5.13 Å². The highest BCUT2D eigenvalue weighted by atomic mass is 79.9. The van der Waals surface area contributed by atoms with Crippen molar-refractivity contribution in [1.82, 2.24) is 9.29 Å². The number of hydrogen-bond donors (Lipinski definition) is 0. The molecule has 3 aromatic carbocycles. The lowest BCUT2D eigenvalue weighted by Crippen LogP contribution is -2.32. The molecule has 13 heteroatoms. The Balaban J connectivity index is 1.51. The van der Waals surface area contributed by atoms with E-state index >= 15 is 0 Å². The van der Waals surface area contributed by atoms with Gasteiger partial charge >= 0.3 is 0 Å². The first-order valence-corrected chi connectivity index (χ1v) is 16.6. The third kappa shape index (κ3) is 6.69. The molecule has 0 saturated carbocycles. The molecule has 0 aliphatic carbocycles. The summed E-state index contributed by atoms with van der Waals surface area (Å²) in [6.45, 7) is 1.00. The van der Waals surface area contributed by atoms with Gasteiger partial charge in [0.05, 0.1) is 42.7 Å². The zero-order valence-corrected chi connectivity index (χ0v) is 27.2. The number of anilines is 1. The summed E-state index contributed by atoms with van der Waals surface area (Å²) in [4.78, 5) is 18.7. The highest BCUT2D eigenvalue weighted by Crippen LogP contribution is 2.38. The Morgan fingerprint density at radius 1 is 0.953 bits per heavy atom. The molecule has 0 spiro atoms. The molecule has 4 aromatic rings. The van der Waals surface area contributed by atoms with Gasteiger partial charge in [0.2, 0.25) is 20.9 Å². The molecule has 1 saturated heterocycles. The maximum Gasteiger partial charge on any atom is 0.280 e. The summed E-state index contributed by atoms with van der Waals surface area (Å²) in [5.74, 6) is 0.835. The molecule has 0 bridgehead atoms. The van der Waals surface area contributed by atoms with Crippen LogP contribution in [0.25, 0.3) is 10.2 Å². The minimum Gasteiger partial charge on any atom is -0.493 e. The van der Waals surface area contributed by atoms with Crippen molar-refractivity contribution in [2.24, 2.45) is 5.10 Å². The number of benzene rings is 3. The van der Waals surface area contributed by atoms with E-state index < -0.39 is 15.9 Å². The molecule has 43 heavy (non-hydrogen) atoms. The molecule has 0 N–H and O–H groups in total. The van der Waals surface area contributed by atoms with Crippen molar-refractivity contribution in [2.45, 2.75) is 30.6 Å². The smallest absolute Gasteiger partial charge is 0.280 e. The summed E-state index contributed by atoms with van der Waals surface area (Å²) in [6, 6.07) is 15.1. The highest BCUT2D eigenvalue weighted by Gasteiger charge is 2.27. The quantitative estimate of drug-likeness (QED) is 0.149. The van der Waals surface area contributed by atoms with Gasteiger partial charge in [-0.3, -0.25) is 4.79 Å². The molecule has 5 rings (SSSR count). The van der Waals surface area contributed by atoms with Gasteiger partial charge in [-0.15, -0.1) is 0 Å². The summed E-state index contributed by atoms with van der Waals surface area (Å²) in [7, 11) is 0.897. The lowest BCUT2D eigenvalue weighted by atomic mass is 10.2. The molecular formula is C30H31BrN4O6S2. The summed E-state index contributed by atoms with van der Waals surface area (Å²) < 4.78 is 46.2. The Morgan fingerprint density at radius 2 is 1.60 bits per heavy atom. The summed E-state index contributed by atoms with van der Waals surface area (Å²) in [5, 5.41) is 6.09. The highest BCUT2D eigenvalue weighted by molar-refractivity contribution is 9.10. The average Bonchev–Trinajstić information content (AvgIpc) is 3.22. The summed E-state index contributed by atoms with van der Waals surface area (Å²) in [5.41, 5.74) is 1.57. The van der Waals surface area contributed by atoms with Crippen molar-refractivity contribution in [3.8, 4) is 17.2 Å². The fraction of sp³-hybridized carbons (Fsp3) is 0.300. The number of carbonyl (C=O) groups excluding carboxylic acids is 1. The first-order chi connectivity index (χ1) is 20.7. The lowest BCUT2D eigenvalue weighted by molar-refractivity contribution is 0.0987. The van der Waals surface area contributed by atoms with Crippen LogP contribution in [0.2, 0.25) is 0 Å². The number of rotatable bonds is 9. The number of hydrazone groups is 1. The third-order valence-electron chi connectivity index (χ3n) is 7.03. The van der Waals surface area contributed by atoms with Gasteiger partial charge in [-0.1, -0.05) is 40.1 Å². The number of methoxy groups -OCH3 is 3. The van der Waals surface area contributed by atoms with E-state index in [1.807, 2.05) is 18.2 Å². The molecule has 0 radical (unpaired) electrons. The van der Waals surface area contributed by atoms with Gasteiger partial charge in [0.1, 0.15) is 0 Å². The molecule has 10 nitrogen and oxygen atoms in total. The monoisotopic (exact) mass is 686 g/mol. The first-order valence-electron chi connectivity index (χ1n) is 13.6. The topological polar surface area (TPSA) is 111 Å². The average molecular weight is 688 g/mol. The Morgan fingerprint density at radius 3 is 2.21 bits per heavy atom. The van der Waals surface area contributed by atoms with Crippen LogP contribution in [0.3, 0.4) is 0 Å². The Kier molecular flexibility index (Phi) is 9.65. The normalized spacial score (nSPS) is 14.5. The van der Waals surface area contributed by atoms with E-state index in [0.717, 1.165) is 34.9 Å². The largest absolute Gasteiger partial charge is 0.493 e. The molecule has 0 unspecified atom stereocenters. The minimum absolute atomic E-state index is 0.156. The van der Waals surface area contributed by atoms with Gasteiger partial charge in [0, 0.05) is 28.7 Å². The maximum atomic E-state index is 13.9. The van der Waals surface area contributed by atoms with Gasteiger partial charge in [0.25, 0.3) is 5.91 Å². The maximum absolute atomic E-state index is 13.9. The number of nitrogens with zero attached hydrogens (tertiary/aromatic N) is 4. The van der Waals surface area contributed by atoms with E-state index in [1.54, 1.807) is 12.1 Å². The summed E-state index contributed by atoms with van der Waals surface area (Å²) >= 11 is 4.79. The predicted molar refractivity (Wildman–Crippen MR) is 171 cm³/mol. The Bertz CT molecular complexity index is 1730. The van der Waals surface area contributed by atoms with Gasteiger partial charge in [-0.25, -0.2) is 13.4 Å². The van der Waals surface area contributed by atoms with Gasteiger partial charge in [-0.2, -0.15) is 14.4 Å². The van der Waals surface area contributed by atoms with Crippen molar-refractivity contribution in [1.29, 1.82) is 0 Å². The number of fused-ring (bicyclic) bond motifs is 1. The Hall–Kier alpha value is -3.52. The number of hydrogen-bond acceptors (Lipinski definition) is 9. The van der Waals surface area contributed by atoms with E-state index in [4.69, 9.17) is 14.2 Å². The van der Waals surface area contributed by atoms with Crippen LogP contribution in [0.15, 0.2) is 69.1 Å². The molecule has 226 valence electrons. The van der Waals surface area contributed by atoms with Crippen LogP contribution in [0.5, 0.6) is 17.2 Å². The van der Waals surface area contributed by atoms with Crippen LogP contribution in [0, 0.1) is 0 Å². The molecule has 1 amide bonds. The number of ether oxygens (including phenoxy) is 3. The molecule has 0 atom stereocenters. The van der Waals surface area contributed by atoms with Crippen molar-refractivity contribution in [2.75, 3.05) is 39.4 Å². The number of aromatic nitrogens is 1. The van der Waals surface area contributed by atoms with Gasteiger partial charge < -0.3 is 14.2 Å². The van der Waals surface area contributed by atoms with Crippen LogP contribution in [-0.4, -0.2) is 64.2 Å². The standard InChI is InChI=1S/C30H31BrN4O6S2/c1-39-25-16-20(17-26(40-2)28(25)41-3)19-32-35(30-33-24-13-10-22(31)18-27(24)42-30)29(36)21-8-11-23(12-9-21)43(37,38)34-14-6-4-5-7-15-34/h8-13,16-19H,4-7,14-15H2,1-3H3/b32-19+. The molecule has 1 aliphatic rings. The molecule has 1 aromatic heterocycles. The second-order valence-corrected chi connectivity index (χ2v) is 13.6. The number of carbonyl (C=O) groups is 1. The van der Waals surface area contributed by atoms with Crippen molar-refractivity contribution in [3.63, 3.8) is 0 Å². The second-order valence-electron chi connectivity index (χ2n) is 9.77. The van der Waals surface area contributed by atoms with Crippen LogP contribution >= 0.6 is 27.3 Å². The van der Waals surface area contributed by atoms with Crippen LogP contribution in [0.1, 0.15) is 41.6 Å². The first kappa shape index (κ1) is 30.9. The van der Waals surface area contributed by atoms with Crippen molar-refractivity contribution in [3.05, 3.63) is 70.2 Å². The van der Waals surface area contributed by atoms with E-state index in [2.05, 4.69) is 26.0 Å². The van der Waals surface area contributed by atoms with Crippen LogP contribution < -0.4 is 19.2 Å². The fourth-order valence-corrected chi connectivity index (χ4v) is 7.78. The fourth-order valence-electron chi connectivity index (χ4n) is 4.79. The number of thiazole rings is 1. The molecule has 1 aliphatic heterocycles. The van der Waals surface area contributed by atoms with Gasteiger partial charge in [0.15, 0.2) is 11.5 Å². The number of sulfonamides is 1. The van der Waals surface area contributed by atoms with Gasteiger partial charge in [-0.05, 0) is 67.4 Å². The minimum atomic E-state index is -3.66. The van der Waals surface area contributed by atoms with E-state index in [9.17, 15) is 13.2 Å². The van der Waals surface area contributed by atoms with Crippen LogP contribution in [-0.2, 0) is 10.0 Å². The zero-order valence-electron chi connectivity index (χ0n) is 23.9. The molecular weight excluding hydrogens is 656 g/mol.